The summed E-state index contributed by atoms with van der Waals surface area (Å²) in [6.45, 7) is 6.45. The Labute approximate surface area is 192 Å². The normalized spacial score (nSPS) is 13.4. The Morgan fingerprint density at radius 3 is 2.44 bits per heavy atom. The molecular weight excluding hydrogens is 422 g/mol. The van der Waals surface area contributed by atoms with Crippen molar-refractivity contribution in [3.8, 4) is 11.4 Å². The summed E-state index contributed by atoms with van der Waals surface area (Å²) in [5.41, 5.74) is 3.50. The Bertz CT molecular complexity index is 1100. The number of carbonyl (C=O) groups excluding carboxylic acids is 2. The van der Waals surface area contributed by atoms with Crippen molar-refractivity contribution in [1.82, 2.24) is 19.7 Å². The van der Waals surface area contributed by atoms with Crippen molar-refractivity contribution >= 4 is 29.3 Å². The molecule has 2 amide bonds. The number of anilines is 1. The molecule has 7 nitrogen and oxygen atoms in total. The lowest BCUT2D eigenvalue weighted by Crippen LogP contribution is -2.27. The third-order valence-corrected chi connectivity index (χ3v) is 6.53. The quantitative estimate of drug-likeness (QED) is 0.546. The van der Waals surface area contributed by atoms with Crippen LogP contribution in [0, 0.1) is 6.92 Å². The SMILES string of the molecule is CCn1c(SCC(=O)Nc2ccc(C(=O)N3CCCC3)cc2)nnc1-c1ccccc1C. The minimum Gasteiger partial charge on any atom is -0.339 e. The predicted octanol–water partition coefficient (Wildman–Crippen LogP) is 4.24. The number of nitrogens with zero attached hydrogens (tertiary/aromatic N) is 4. The van der Waals surface area contributed by atoms with E-state index in [1.165, 1.54) is 11.8 Å². The minimum atomic E-state index is -0.128. The molecule has 1 aromatic heterocycles. The fourth-order valence-corrected chi connectivity index (χ4v) is 4.63. The zero-order valence-corrected chi connectivity index (χ0v) is 19.2. The molecule has 4 rings (SSSR count). The van der Waals surface area contributed by atoms with E-state index in [2.05, 4.69) is 15.5 Å². The van der Waals surface area contributed by atoms with E-state index in [-0.39, 0.29) is 17.6 Å². The third kappa shape index (κ3) is 4.85. The number of nitrogens with one attached hydrogen (secondary N) is 1. The van der Waals surface area contributed by atoms with Gasteiger partial charge in [0.1, 0.15) is 0 Å². The predicted molar refractivity (Wildman–Crippen MR) is 127 cm³/mol. The van der Waals surface area contributed by atoms with E-state index in [4.69, 9.17) is 0 Å². The number of carbonyl (C=O) groups is 2. The Hall–Kier alpha value is -3.13. The molecule has 166 valence electrons. The summed E-state index contributed by atoms with van der Waals surface area (Å²) >= 11 is 1.36. The van der Waals surface area contributed by atoms with Gasteiger partial charge in [-0.3, -0.25) is 9.59 Å². The van der Waals surface area contributed by atoms with Gasteiger partial charge < -0.3 is 14.8 Å². The van der Waals surface area contributed by atoms with E-state index in [1.54, 1.807) is 24.3 Å². The van der Waals surface area contributed by atoms with Crippen molar-refractivity contribution in [2.24, 2.45) is 0 Å². The number of aryl methyl sites for hydroxylation is 1. The average Bonchev–Trinajstić information content (AvgIpc) is 3.48. The van der Waals surface area contributed by atoms with E-state index < -0.39 is 0 Å². The highest BCUT2D eigenvalue weighted by atomic mass is 32.2. The van der Waals surface area contributed by atoms with Gasteiger partial charge in [-0.2, -0.15) is 0 Å². The molecule has 0 bridgehead atoms. The van der Waals surface area contributed by atoms with Gasteiger partial charge in [0.2, 0.25) is 5.91 Å². The number of thioether (sulfide) groups is 1. The zero-order valence-electron chi connectivity index (χ0n) is 18.4. The van der Waals surface area contributed by atoms with Crippen LogP contribution in [-0.4, -0.2) is 50.3 Å². The topological polar surface area (TPSA) is 80.1 Å². The van der Waals surface area contributed by atoms with Crippen molar-refractivity contribution in [3.63, 3.8) is 0 Å². The first-order valence-corrected chi connectivity index (χ1v) is 11.9. The number of hydrogen-bond donors (Lipinski definition) is 1. The molecule has 8 heteroatoms. The van der Waals surface area contributed by atoms with Crippen LogP contribution in [0.2, 0.25) is 0 Å². The monoisotopic (exact) mass is 449 g/mol. The molecule has 1 fully saturated rings. The highest BCUT2D eigenvalue weighted by molar-refractivity contribution is 7.99. The van der Waals surface area contributed by atoms with Gasteiger partial charge in [-0.15, -0.1) is 10.2 Å². The van der Waals surface area contributed by atoms with Gasteiger partial charge in [-0.25, -0.2) is 0 Å². The van der Waals surface area contributed by atoms with E-state index >= 15 is 0 Å². The maximum Gasteiger partial charge on any atom is 0.253 e. The first-order valence-electron chi connectivity index (χ1n) is 10.9. The molecule has 0 spiro atoms. The third-order valence-electron chi connectivity index (χ3n) is 5.56. The van der Waals surface area contributed by atoms with Gasteiger partial charge in [-0.1, -0.05) is 36.0 Å². The maximum absolute atomic E-state index is 12.5. The molecule has 1 N–H and O–H groups in total. The van der Waals surface area contributed by atoms with Gasteiger partial charge in [-0.05, 0) is 56.5 Å². The second kappa shape index (κ2) is 9.99. The largest absolute Gasteiger partial charge is 0.339 e. The molecule has 2 heterocycles. The lowest BCUT2D eigenvalue weighted by molar-refractivity contribution is -0.113. The number of hydrogen-bond acceptors (Lipinski definition) is 5. The second-order valence-corrected chi connectivity index (χ2v) is 8.72. The van der Waals surface area contributed by atoms with E-state index in [0.29, 0.717) is 23.0 Å². The first kappa shape index (κ1) is 22.1. The van der Waals surface area contributed by atoms with Crippen LogP contribution in [0.4, 0.5) is 5.69 Å². The lowest BCUT2D eigenvalue weighted by atomic mass is 10.1. The molecule has 3 aromatic rings. The Kier molecular flexibility index (Phi) is 6.90. The lowest BCUT2D eigenvalue weighted by Gasteiger charge is -2.15. The fourth-order valence-electron chi connectivity index (χ4n) is 3.83. The summed E-state index contributed by atoms with van der Waals surface area (Å²) < 4.78 is 2.03. The Morgan fingerprint density at radius 2 is 1.75 bits per heavy atom. The number of likely N-dealkylation sites (tertiary alicyclic amines) is 1. The molecule has 0 unspecified atom stereocenters. The van der Waals surface area contributed by atoms with Gasteiger partial charge in [0.05, 0.1) is 5.75 Å². The Morgan fingerprint density at radius 1 is 1.03 bits per heavy atom. The van der Waals surface area contributed by atoms with Crippen LogP contribution in [0.1, 0.15) is 35.7 Å². The Balaban J connectivity index is 1.36. The maximum atomic E-state index is 12.5. The van der Waals surface area contributed by atoms with Gasteiger partial charge >= 0.3 is 0 Å². The van der Waals surface area contributed by atoms with Crippen molar-refractivity contribution < 1.29 is 9.59 Å². The molecule has 1 aliphatic rings. The molecule has 0 radical (unpaired) electrons. The van der Waals surface area contributed by atoms with Crippen molar-refractivity contribution in [2.75, 3.05) is 24.2 Å². The van der Waals surface area contributed by atoms with Crippen LogP contribution in [0.15, 0.2) is 53.7 Å². The molecule has 0 atom stereocenters. The summed E-state index contributed by atoms with van der Waals surface area (Å²) in [7, 11) is 0. The molecule has 0 saturated carbocycles. The highest BCUT2D eigenvalue weighted by Gasteiger charge is 2.19. The van der Waals surface area contributed by atoms with Crippen LogP contribution in [0.25, 0.3) is 11.4 Å². The number of amides is 2. The van der Waals surface area contributed by atoms with Crippen LogP contribution in [-0.2, 0) is 11.3 Å². The number of rotatable bonds is 7. The second-order valence-electron chi connectivity index (χ2n) is 7.78. The van der Waals surface area contributed by atoms with Gasteiger partial charge in [0.25, 0.3) is 5.91 Å². The molecular formula is C24H27N5O2S. The standard InChI is InChI=1S/C24H27N5O2S/c1-3-29-22(20-9-5-4-8-17(20)2)26-27-24(29)32-16-21(30)25-19-12-10-18(11-13-19)23(31)28-14-6-7-15-28/h4-5,8-13H,3,6-7,14-16H2,1-2H3,(H,25,30). The molecule has 2 aromatic carbocycles. The van der Waals surface area contributed by atoms with Gasteiger partial charge in [0.15, 0.2) is 11.0 Å². The van der Waals surface area contributed by atoms with Crippen molar-refractivity contribution in [3.05, 3.63) is 59.7 Å². The van der Waals surface area contributed by atoms with Crippen LogP contribution >= 0.6 is 11.8 Å². The van der Waals surface area contributed by atoms with Crippen LogP contribution in [0.3, 0.4) is 0 Å². The smallest absolute Gasteiger partial charge is 0.253 e. The average molecular weight is 450 g/mol. The summed E-state index contributed by atoms with van der Waals surface area (Å²) in [6.07, 6.45) is 2.13. The van der Waals surface area contributed by atoms with Crippen LogP contribution < -0.4 is 5.32 Å². The molecule has 1 aliphatic heterocycles. The van der Waals surface area contributed by atoms with Crippen molar-refractivity contribution in [1.29, 1.82) is 0 Å². The molecule has 32 heavy (non-hydrogen) atoms. The summed E-state index contributed by atoms with van der Waals surface area (Å²) in [5, 5.41) is 12.3. The number of benzene rings is 2. The molecule has 1 saturated heterocycles. The first-order chi connectivity index (χ1) is 15.6. The van der Waals surface area contributed by atoms with E-state index in [1.807, 2.05) is 47.6 Å². The van der Waals surface area contributed by atoms with Crippen LogP contribution in [0.5, 0.6) is 0 Å². The zero-order chi connectivity index (χ0) is 22.5. The highest BCUT2D eigenvalue weighted by Crippen LogP contribution is 2.26. The molecule has 0 aliphatic carbocycles. The minimum absolute atomic E-state index is 0.0549. The van der Waals surface area contributed by atoms with E-state index in [0.717, 1.165) is 42.9 Å². The number of aromatic nitrogens is 3. The van der Waals surface area contributed by atoms with Gasteiger partial charge in [0, 0.05) is 36.4 Å². The summed E-state index contributed by atoms with van der Waals surface area (Å²) in [5.74, 6) is 0.961. The van der Waals surface area contributed by atoms with Crippen molar-refractivity contribution in [2.45, 2.75) is 38.4 Å². The fraction of sp³-hybridized carbons (Fsp3) is 0.333. The summed E-state index contributed by atoms with van der Waals surface area (Å²) in [4.78, 5) is 26.8. The van der Waals surface area contributed by atoms with E-state index in [9.17, 15) is 9.59 Å². The summed E-state index contributed by atoms with van der Waals surface area (Å²) in [6, 6.07) is 15.2.